The third-order valence-electron chi connectivity index (χ3n) is 1.24. The second-order valence-electron chi connectivity index (χ2n) is 2.33. The Hall–Kier alpha value is -1.53. The van der Waals surface area contributed by atoms with Gasteiger partial charge in [-0.05, 0) is 0 Å². The number of halogens is 3. The van der Waals surface area contributed by atoms with E-state index in [4.69, 9.17) is 5.11 Å². The van der Waals surface area contributed by atoms with Crippen LogP contribution in [-0.4, -0.2) is 21.0 Å². The van der Waals surface area contributed by atoms with Crippen molar-refractivity contribution in [2.24, 2.45) is 0 Å². The number of aliphatic carboxylic acids is 1. The molecule has 0 bridgehead atoms. The Bertz CT molecular complexity index is 318. The molecule has 0 saturated heterocycles. The van der Waals surface area contributed by atoms with Gasteiger partial charge in [-0.1, -0.05) is 0 Å². The van der Waals surface area contributed by atoms with E-state index in [2.05, 4.69) is 4.98 Å². The first-order valence-corrected chi connectivity index (χ1v) is 3.22. The molecule has 0 aliphatic carbocycles. The van der Waals surface area contributed by atoms with Crippen molar-refractivity contribution in [3.8, 4) is 0 Å². The van der Waals surface area contributed by atoms with Crippen molar-refractivity contribution < 1.29 is 23.1 Å². The van der Waals surface area contributed by atoms with Crippen LogP contribution in [0, 0.1) is 0 Å². The molecule has 0 atom stereocenters. The van der Waals surface area contributed by atoms with Crippen molar-refractivity contribution >= 4 is 5.97 Å². The van der Waals surface area contributed by atoms with Gasteiger partial charge in [-0.25, -0.2) is 4.98 Å². The first kappa shape index (κ1) is 9.56. The van der Waals surface area contributed by atoms with E-state index in [9.17, 15) is 18.0 Å². The Morgan fingerprint density at radius 3 is 2.62 bits per heavy atom. The topological polar surface area (TPSA) is 66.0 Å². The third kappa shape index (κ3) is 2.46. The molecule has 0 radical (unpaired) electrons. The lowest BCUT2D eigenvalue weighted by Gasteiger charge is -1.99. The van der Waals surface area contributed by atoms with Gasteiger partial charge in [0.1, 0.15) is 0 Å². The summed E-state index contributed by atoms with van der Waals surface area (Å²) in [5, 5.41) is 8.25. The van der Waals surface area contributed by atoms with Crippen molar-refractivity contribution in [1.82, 2.24) is 9.97 Å². The van der Waals surface area contributed by atoms with Gasteiger partial charge >= 0.3 is 12.1 Å². The molecule has 0 aliphatic heterocycles. The lowest BCUT2D eigenvalue weighted by Crippen LogP contribution is -2.08. The van der Waals surface area contributed by atoms with Crippen LogP contribution in [0.5, 0.6) is 0 Å². The summed E-state index contributed by atoms with van der Waals surface area (Å²) in [6.07, 6.45) is -4.20. The maximum Gasteiger partial charge on any atom is 0.449 e. The summed E-state index contributed by atoms with van der Waals surface area (Å²) in [5.74, 6) is -2.39. The van der Waals surface area contributed by atoms with Crippen LogP contribution in [0.15, 0.2) is 6.20 Å². The largest absolute Gasteiger partial charge is 0.481 e. The summed E-state index contributed by atoms with van der Waals surface area (Å²) in [6.45, 7) is 0. The molecule has 0 unspecified atom stereocenters. The number of nitrogens with zero attached hydrogens (tertiary/aromatic N) is 1. The number of carboxylic acid groups (broad SMARTS) is 1. The number of hydrogen-bond donors (Lipinski definition) is 2. The summed E-state index contributed by atoms with van der Waals surface area (Å²) >= 11 is 0. The lowest BCUT2D eigenvalue weighted by atomic mass is 10.3. The van der Waals surface area contributed by atoms with Crippen LogP contribution >= 0.6 is 0 Å². The molecule has 0 saturated carbocycles. The molecule has 72 valence electrons. The van der Waals surface area contributed by atoms with E-state index in [0.717, 1.165) is 6.20 Å². The number of carboxylic acids is 1. The molecular formula is C6H5F3N2O2. The van der Waals surface area contributed by atoms with E-state index in [1.807, 2.05) is 4.98 Å². The van der Waals surface area contributed by atoms with Crippen LogP contribution in [0.4, 0.5) is 13.2 Å². The van der Waals surface area contributed by atoms with Gasteiger partial charge in [0.2, 0.25) is 5.82 Å². The molecule has 4 nitrogen and oxygen atoms in total. The Morgan fingerprint density at radius 2 is 2.23 bits per heavy atom. The molecule has 1 aromatic rings. The SMILES string of the molecule is O=C(O)Cc1cnc(C(F)(F)F)[nH]1. The monoisotopic (exact) mass is 194 g/mol. The Morgan fingerprint density at radius 1 is 1.62 bits per heavy atom. The highest BCUT2D eigenvalue weighted by Gasteiger charge is 2.34. The van der Waals surface area contributed by atoms with E-state index in [1.165, 1.54) is 0 Å². The normalized spacial score (nSPS) is 11.6. The quantitative estimate of drug-likeness (QED) is 0.739. The van der Waals surface area contributed by atoms with Crippen LogP contribution in [0.25, 0.3) is 0 Å². The van der Waals surface area contributed by atoms with Gasteiger partial charge in [-0.3, -0.25) is 4.79 Å². The van der Waals surface area contributed by atoms with E-state index in [1.54, 1.807) is 0 Å². The second-order valence-corrected chi connectivity index (χ2v) is 2.33. The minimum Gasteiger partial charge on any atom is -0.481 e. The third-order valence-corrected chi connectivity index (χ3v) is 1.24. The maximum atomic E-state index is 11.9. The molecule has 0 aliphatic rings. The number of imidazole rings is 1. The molecule has 0 amide bonds. The zero-order valence-electron chi connectivity index (χ0n) is 6.22. The second kappa shape index (κ2) is 3.08. The summed E-state index contributed by atoms with van der Waals surface area (Å²) in [4.78, 5) is 15.0. The summed E-state index contributed by atoms with van der Waals surface area (Å²) in [6, 6.07) is 0. The Labute approximate surface area is 70.4 Å². The first-order chi connectivity index (χ1) is 5.89. The van der Waals surface area contributed by atoms with Gasteiger partial charge in [-0.15, -0.1) is 0 Å². The Balaban J connectivity index is 2.81. The van der Waals surface area contributed by atoms with Crippen LogP contribution in [-0.2, 0) is 17.4 Å². The standard InChI is InChI=1S/C6H5F3N2O2/c7-6(8,9)5-10-2-3(11-5)1-4(12)13/h2H,1H2,(H,10,11)(H,12,13). The number of alkyl halides is 3. The predicted molar refractivity (Wildman–Crippen MR) is 34.9 cm³/mol. The fourth-order valence-electron chi connectivity index (χ4n) is 0.756. The number of hydrogen-bond acceptors (Lipinski definition) is 2. The van der Waals surface area contributed by atoms with Crippen molar-refractivity contribution in [2.75, 3.05) is 0 Å². The molecule has 0 aromatic carbocycles. The molecule has 1 rings (SSSR count). The molecule has 1 heterocycles. The first-order valence-electron chi connectivity index (χ1n) is 3.22. The van der Waals surface area contributed by atoms with E-state index >= 15 is 0 Å². The average Bonchev–Trinajstić information content (AvgIpc) is 2.32. The summed E-state index contributed by atoms with van der Waals surface area (Å²) in [5.41, 5.74) is -0.0696. The highest BCUT2D eigenvalue weighted by molar-refractivity contribution is 5.69. The van der Waals surface area contributed by atoms with Crippen molar-refractivity contribution in [3.05, 3.63) is 17.7 Å². The van der Waals surface area contributed by atoms with Crippen LogP contribution in [0.3, 0.4) is 0 Å². The van der Waals surface area contributed by atoms with Gasteiger partial charge in [0.05, 0.1) is 6.42 Å². The molecule has 13 heavy (non-hydrogen) atoms. The van der Waals surface area contributed by atoms with Gasteiger partial charge < -0.3 is 10.1 Å². The number of rotatable bonds is 2. The molecule has 0 spiro atoms. The van der Waals surface area contributed by atoms with Gasteiger partial charge in [0, 0.05) is 11.9 Å². The fraction of sp³-hybridized carbons (Fsp3) is 0.333. The van der Waals surface area contributed by atoms with Gasteiger partial charge in [0.25, 0.3) is 0 Å². The van der Waals surface area contributed by atoms with Crippen LogP contribution < -0.4 is 0 Å². The summed E-state index contributed by atoms with van der Waals surface area (Å²) < 4.78 is 35.7. The fourth-order valence-corrected chi connectivity index (χ4v) is 0.756. The minimum absolute atomic E-state index is 0.0696. The molecule has 7 heteroatoms. The number of aromatic nitrogens is 2. The molecule has 2 N–H and O–H groups in total. The number of carbonyl (C=O) groups is 1. The minimum atomic E-state index is -4.56. The van der Waals surface area contributed by atoms with Gasteiger partial charge in [0.15, 0.2) is 0 Å². The lowest BCUT2D eigenvalue weighted by molar-refractivity contribution is -0.144. The smallest absolute Gasteiger partial charge is 0.449 e. The maximum absolute atomic E-state index is 11.9. The van der Waals surface area contributed by atoms with Crippen LogP contribution in [0.1, 0.15) is 11.5 Å². The van der Waals surface area contributed by atoms with Crippen molar-refractivity contribution in [1.29, 1.82) is 0 Å². The number of nitrogens with one attached hydrogen (secondary N) is 1. The number of H-pyrrole nitrogens is 1. The zero-order valence-corrected chi connectivity index (χ0v) is 6.22. The van der Waals surface area contributed by atoms with Crippen molar-refractivity contribution in [3.63, 3.8) is 0 Å². The van der Waals surface area contributed by atoms with Crippen molar-refractivity contribution in [2.45, 2.75) is 12.6 Å². The van der Waals surface area contributed by atoms with Gasteiger partial charge in [-0.2, -0.15) is 13.2 Å². The van der Waals surface area contributed by atoms with E-state index in [-0.39, 0.29) is 5.69 Å². The molecular weight excluding hydrogens is 189 g/mol. The zero-order chi connectivity index (χ0) is 10.1. The van der Waals surface area contributed by atoms with E-state index in [0.29, 0.717) is 0 Å². The Kier molecular flexibility index (Phi) is 2.26. The molecule has 1 aromatic heterocycles. The summed E-state index contributed by atoms with van der Waals surface area (Å²) in [7, 11) is 0. The highest BCUT2D eigenvalue weighted by Crippen LogP contribution is 2.26. The van der Waals surface area contributed by atoms with Crippen LogP contribution in [0.2, 0.25) is 0 Å². The number of aromatic amines is 1. The molecule has 0 fully saturated rings. The van der Waals surface area contributed by atoms with E-state index < -0.39 is 24.4 Å². The average molecular weight is 194 g/mol. The highest BCUT2D eigenvalue weighted by atomic mass is 19.4. The predicted octanol–water partition coefficient (Wildman–Crippen LogP) is 1.06.